The molecule has 1 atom stereocenters. The Labute approximate surface area is 195 Å². The van der Waals surface area contributed by atoms with Crippen LogP contribution in [0.5, 0.6) is 0 Å². The van der Waals surface area contributed by atoms with Gasteiger partial charge >= 0.3 is 6.09 Å². The normalized spacial score (nSPS) is 13.2. The number of amides is 1. The molecule has 2 aromatic heterocycles. The molecule has 0 spiro atoms. The fourth-order valence-corrected chi connectivity index (χ4v) is 4.66. The van der Waals surface area contributed by atoms with Crippen LogP contribution in [0.25, 0.3) is 27.4 Å². The summed E-state index contributed by atoms with van der Waals surface area (Å²) in [5.41, 5.74) is 1.20. The van der Waals surface area contributed by atoms with Crippen molar-refractivity contribution >= 4 is 51.0 Å². The first-order valence-corrected chi connectivity index (χ1v) is 10.8. The second kappa shape index (κ2) is 8.94. The summed E-state index contributed by atoms with van der Waals surface area (Å²) in [4.78, 5) is 17.7. The zero-order chi connectivity index (χ0) is 22.3. The standard InChI is InChI=1S/C23H22Cl2N4O2.H2O/c1-14(2)28(22(30)31)23(3,13-24)21-20-18-6-5-16(25)12-15(18)4-7-19(20)29(27-21)17-8-10-26-11-9-17;/h4-12,14H,13H2,1-3H3,(H,30,31);1H2. The fourth-order valence-electron chi connectivity index (χ4n) is 4.22. The Morgan fingerprint density at radius 1 is 1.19 bits per heavy atom. The third-order valence-electron chi connectivity index (χ3n) is 5.56. The second-order valence-electron chi connectivity index (χ2n) is 7.94. The number of carbonyl (C=O) groups is 1. The van der Waals surface area contributed by atoms with E-state index < -0.39 is 11.6 Å². The van der Waals surface area contributed by atoms with Gasteiger partial charge in [0.1, 0.15) is 5.54 Å². The molecule has 1 amide bonds. The van der Waals surface area contributed by atoms with Crippen LogP contribution in [0.1, 0.15) is 26.5 Å². The van der Waals surface area contributed by atoms with Crippen LogP contribution >= 0.6 is 23.2 Å². The number of pyridine rings is 1. The van der Waals surface area contributed by atoms with Crippen LogP contribution in [0.15, 0.2) is 54.9 Å². The molecule has 9 heteroatoms. The highest BCUT2D eigenvalue weighted by atomic mass is 35.5. The first-order valence-electron chi connectivity index (χ1n) is 9.88. The van der Waals surface area contributed by atoms with E-state index in [9.17, 15) is 9.90 Å². The third-order valence-corrected chi connectivity index (χ3v) is 6.31. The minimum absolute atomic E-state index is 0. The van der Waals surface area contributed by atoms with Crippen LogP contribution in [-0.4, -0.2) is 48.3 Å². The lowest BCUT2D eigenvalue weighted by Crippen LogP contribution is -2.52. The lowest BCUT2D eigenvalue weighted by molar-refractivity contribution is 0.0708. The van der Waals surface area contributed by atoms with Crippen molar-refractivity contribution in [1.82, 2.24) is 19.7 Å². The maximum atomic E-state index is 12.2. The topological polar surface area (TPSA) is 103 Å². The lowest BCUT2D eigenvalue weighted by atomic mass is 9.91. The quantitative estimate of drug-likeness (QED) is 0.399. The Kier molecular flexibility index (Phi) is 6.64. The minimum atomic E-state index is -1.06. The zero-order valence-corrected chi connectivity index (χ0v) is 19.4. The van der Waals surface area contributed by atoms with Gasteiger partial charge in [-0.3, -0.25) is 9.88 Å². The molecule has 1 unspecified atom stereocenters. The van der Waals surface area contributed by atoms with Crippen LogP contribution in [0.4, 0.5) is 4.79 Å². The molecule has 0 aliphatic carbocycles. The molecule has 0 saturated carbocycles. The summed E-state index contributed by atoms with van der Waals surface area (Å²) in [7, 11) is 0. The predicted octanol–water partition coefficient (Wildman–Crippen LogP) is 5.24. The monoisotopic (exact) mass is 474 g/mol. The van der Waals surface area contributed by atoms with E-state index in [2.05, 4.69) is 4.98 Å². The summed E-state index contributed by atoms with van der Waals surface area (Å²) < 4.78 is 1.81. The van der Waals surface area contributed by atoms with Crippen molar-refractivity contribution in [3.8, 4) is 5.69 Å². The van der Waals surface area contributed by atoms with Gasteiger partial charge in [-0.05, 0) is 61.9 Å². The molecule has 2 aromatic carbocycles. The molecular weight excluding hydrogens is 451 g/mol. The molecule has 4 rings (SSSR count). The summed E-state index contributed by atoms with van der Waals surface area (Å²) in [6, 6.07) is 13.0. The molecule has 0 radical (unpaired) electrons. The molecule has 7 nitrogen and oxygen atoms in total. The van der Waals surface area contributed by atoms with E-state index in [1.54, 1.807) is 12.4 Å². The van der Waals surface area contributed by atoms with E-state index >= 15 is 0 Å². The van der Waals surface area contributed by atoms with Crippen molar-refractivity contribution in [2.24, 2.45) is 0 Å². The summed E-state index contributed by atoms with van der Waals surface area (Å²) in [6.45, 7) is 5.49. The Morgan fingerprint density at radius 3 is 2.47 bits per heavy atom. The third kappa shape index (κ3) is 3.77. The summed E-state index contributed by atoms with van der Waals surface area (Å²) in [5, 5.41) is 18.3. The molecule has 0 aliphatic rings. The maximum absolute atomic E-state index is 12.2. The van der Waals surface area contributed by atoms with Gasteiger partial charge in [0, 0.05) is 28.8 Å². The first kappa shape index (κ1) is 23.8. The Morgan fingerprint density at radius 2 is 1.88 bits per heavy atom. The minimum Gasteiger partial charge on any atom is -0.465 e. The highest BCUT2D eigenvalue weighted by Crippen LogP contribution is 2.40. The molecule has 168 valence electrons. The van der Waals surface area contributed by atoms with Crippen LogP contribution in [-0.2, 0) is 5.54 Å². The van der Waals surface area contributed by atoms with Gasteiger partial charge in [0.25, 0.3) is 0 Å². The van der Waals surface area contributed by atoms with Crippen molar-refractivity contribution in [2.45, 2.75) is 32.4 Å². The van der Waals surface area contributed by atoms with E-state index in [1.165, 1.54) is 4.90 Å². The van der Waals surface area contributed by atoms with Crippen molar-refractivity contribution < 1.29 is 15.4 Å². The maximum Gasteiger partial charge on any atom is 0.408 e. The van der Waals surface area contributed by atoms with Gasteiger partial charge in [-0.1, -0.05) is 23.7 Å². The lowest BCUT2D eigenvalue weighted by Gasteiger charge is -2.40. The van der Waals surface area contributed by atoms with E-state index in [4.69, 9.17) is 28.3 Å². The molecule has 2 heterocycles. The number of benzene rings is 2. The Balaban J connectivity index is 0.00000289. The van der Waals surface area contributed by atoms with Gasteiger partial charge in [-0.15, -0.1) is 11.6 Å². The molecular formula is C23H24Cl2N4O3. The van der Waals surface area contributed by atoms with E-state index in [-0.39, 0.29) is 17.4 Å². The average Bonchev–Trinajstić information content (AvgIpc) is 3.14. The highest BCUT2D eigenvalue weighted by Gasteiger charge is 2.42. The van der Waals surface area contributed by atoms with Crippen molar-refractivity contribution in [2.75, 3.05) is 5.88 Å². The number of rotatable bonds is 5. The summed E-state index contributed by atoms with van der Waals surface area (Å²) in [6.07, 6.45) is 2.34. The smallest absolute Gasteiger partial charge is 0.408 e. The zero-order valence-electron chi connectivity index (χ0n) is 17.9. The Hall–Kier alpha value is -2.87. The van der Waals surface area contributed by atoms with Gasteiger partial charge < -0.3 is 10.6 Å². The number of alkyl halides is 1. The van der Waals surface area contributed by atoms with E-state index in [0.29, 0.717) is 10.7 Å². The van der Waals surface area contributed by atoms with Crippen molar-refractivity contribution in [1.29, 1.82) is 0 Å². The summed E-state index contributed by atoms with van der Waals surface area (Å²) >= 11 is 12.7. The first-order chi connectivity index (χ1) is 14.8. The van der Waals surface area contributed by atoms with Crippen LogP contribution < -0.4 is 0 Å². The van der Waals surface area contributed by atoms with Crippen molar-refractivity contribution in [3.63, 3.8) is 0 Å². The SMILES string of the molecule is CC(C)N(C(=O)O)C(C)(CCl)c1nn(-c2ccncc2)c2ccc3cc(Cl)ccc3c12.O. The molecule has 0 saturated heterocycles. The van der Waals surface area contributed by atoms with Crippen molar-refractivity contribution in [3.05, 3.63) is 65.6 Å². The summed E-state index contributed by atoms with van der Waals surface area (Å²) in [5.74, 6) is 0.0456. The van der Waals surface area contributed by atoms with E-state index in [0.717, 1.165) is 27.4 Å². The predicted molar refractivity (Wildman–Crippen MR) is 128 cm³/mol. The number of carboxylic acid groups (broad SMARTS) is 1. The fraction of sp³-hybridized carbons (Fsp3) is 0.261. The van der Waals surface area contributed by atoms with Crippen LogP contribution in [0.2, 0.25) is 5.02 Å². The van der Waals surface area contributed by atoms with Gasteiger partial charge in [-0.25, -0.2) is 9.48 Å². The highest BCUT2D eigenvalue weighted by molar-refractivity contribution is 6.31. The van der Waals surface area contributed by atoms with Crippen LogP contribution in [0, 0.1) is 0 Å². The van der Waals surface area contributed by atoms with Gasteiger partial charge in [0.2, 0.25) is 0 Å². The largest absolute Gasteiger partial charge is 0.465 e. The molecule has 0 bridgehead atoms. The molecule has 0 fully saturated rings. The average molecular weight is 475 g/mol. The van der Waals surface area contributed by atoms with Crippen LogP contribution in [0.3, 0.4) is 0 Å². The number of aromatic nitrogens is 3. The molecule has 4 aromatic rings. The number of nitrogens with zero attached hydrogens (tertiary/aromatic N) is 4. The van der Waals surface area contributed by atoms with E-state index in [1.807, 2.05) is 67.9 Å². The van der Waals surface area contributed by atoms with Gasteiger partial charge in [-0.2, -0.15) is 5.10 Å². The number of halogens is 2. The van der Waals surface area contributed by atoms with Gasteiger partial charge in [0.15, 0.2) is 0 Å². The number of hydrogen-bond donors (Lipinski definition) is 1. The second-order valence-corrected chi connectivity index (χ2v) is 8.65. The number of fused-ring (bicyclic) bond motifs is 3. The number of hydrogen-bond acceptors (Lipinski definition) is 3. The Bertz CT molecular complexity index is 1280. The molecule has 0 aliphatic heterocycles. The molecule has 32 heavy (non-hydrogen) atoms. The van der Waals surface area contributed by atoms with Gasteiger partial charge in [0.05, 0.1) is 22.8 Å². The molecule has 3 N–H and O–H groups in total.